The lowest BCUT2D eigenvalue weighted by Gasteiger charge is -2.11. The molecule has 0 aromatic heterocycles. The lowest BCUT2D eigenvalue weighted by molar-refractivity contribution is -0.384. The lowest BCUT2D eigenvalue weighted by atomic mass is 10.1. The molecule has 0 aliphatic carbocycles. The van der Waals surface area contributed by atoms with Crippen molar-refractivity contribution in [2.24, 2.45) is 0 Å². The number of nitrogens with zero attached hydrogens (tertiary/aromatic N) is 1. The van der Waals surface area contributed by atoms with Crippen LogP contribution in [-0.4, -0.2) is 43.2 Å². The van der Waals surface area contributed by atoms with Gasteiger partial charge in [0.25, 0.3) is 11.6 Å². The molecule has 31 heavy (non-hydrogen) atoms. The molecule has 0 saturated heterocycles. The average Bonchev–Trinajstić information content (AvgIpc) is 2.72. The van der Waals surface area contributed by atoms with Crippen molar-refractivity contribution in [3.63, 3.8) is 0 Å². The highest BCUT2D eigenvalue weighted by Crippen LogP contribution is 2.25. The Hall–Kier alpha value is -3.66. The number of urea groups is 1. The number of methoxy groups -OCH3 is 1. The van der Waals surface area contributed by atoms with Gasteiger partial charge in [0, 0.05) is 43.6 Å². The Kier molecular flexibility index (Phi) is 8.77. The number of nitro benzene ring substituents is 1. The average molecular weight is 429 g/mol. The van der Waals surface area contributed by atoms with Crippen LogP contribution in [0.5, 0.6) is 0 Å². The molecular formula is C21H27N5O5. The van der Waals surface area contributed by atoms with Crippen LogP contribution in [-0.2, 0) is 11.3 Å². The summed E-state index contributed by atoms with van der Waals surface area (Å²) < 4.78 is 4.92. The Balaban J connectivity index is 1.96. The Morgan fingerprint density at radius 2 is 1.84 bits per heavy atom. The third kappa shape index (κ3) is 7.59. The van der Waals surface area contributed by atoms with Gasteiger partial charge in [-0.1, -0.05) is 12.1 Å². The minimum atomic E-state index is -0.535. The molecule has 3 amide bonds. The summed E-state index contributed by atoms with van der Waals surface area (Å²) in [5.74, 6) is -0.426. The number of carbonyl (C=O) groups is 2. The van der Waals surface area contributed by atoms with Crippen LogP contribution < -0.4 is 21.3 Å². The molecule has 0 fully saturated rings. The summed E-state index contributed by atoms with van der Waals surface area (Å²) >= 11 is 0. The summed E-state index contributed by atoms with van der Waals surface area (Å²) in [6.07, 6.45) is 0. The molecule has 0 heterocycles. The molecule has 0 aliphatic heterocycles. The van der Waals surface area contributed by atoms with Crippen LogP contribution in [0.1, 0.15) is 29.8 Å². The van der Waals surface area contributed by atoms with Crippen molar-refractivity contribution in [1.29, 1.82) is 0 Å². The van der Waals surface area contributed by atoms with E-state index in [0.29, 0.717) is 24.5 Å². The van der Waals surface area contributed by atoms with E-state index in [0.717, 1.165) is 5.56 Å². The number of anilines is 2. The first-order valence-corrected chi connectivity index (χ1v) is 9.76. The Labute approximate surface area is 180 Å². The van der Waals surface area contributed by atoms with E-state index in [1.165, 1.54) is 25.3 Å². The molecule has 0 unspecified atom stereocenters. The summed E-state index contributed by atoms with van der Waals surface area (Å²) in [6, 6.07) is 11.0. The second-order valence-corrected chi connectivity index (χ2v) is 7.04. The number of carbonyl (C=O) groups excluding carboxylic acids is 2. The second-order valence-electron chi connectivity index (χ2n) is 7.04. The predicted molar refractivity (Wildman–Crippen MR) is 118 cm³/mol. The predicted octanol–water partition coefficient (Wildman–Crippen LogP) is 3.11. The van der Waals surface area contributed by atoms with Crippen LogP contribution >= 0.6 is 0 Å². The summed E-state index contributed by atoms with van der Waals surface area (Å²) in [5.41, 5.74) is 1.77. The normalized spacial score (nSPS) is 10.5. The van der Waals surface area contributed by atoms with E-state index < -0.39 is 10.8 Å². The first-order valence-electron chi connectivity index (χ1n) is 9.76. The highest BCUT2D eigenvalue weighted by atomic mass is 16.6. The number of hydrogen-bond donors (Lipinski definition) is 4. The van der Waals surface area contributed by atoms with Crippen LogP contribution in [0.25, 0.3) is 0 Å². The van der Waals surface area contributed by atoms with E-state index >= 15 is 0 Å². The highest BCUT2D eigenvalue weighted by Gasteiger charge is 2.17. The number of hydrogen-bond acceptors (Lipinski definition) is 6. The van der Waals surface area contributed by atoms with Crippen LogP contribution in [0.4, 0.5) is 21.9 Å². The molecular weight excluding hydrogens is 402 g/mol. The highest BCUT2D eigenvalue weighted by molar-refractivity contribution is 5.95. The monoisotopic (exact) mass is 429 g/mol. The van der Waals surface area contributed by atoms with Crippen molar-refractivity contribution in [2.75, 3.05) is 30.9 Å². The van der Waals surface area contributed by atoms with Crippen molar-refractivity contribution in [2.45, 2.75) is 26.4 Å². The fraction of sp³-hybridized carbons (Fsp3) is 0.333. The largest absolute Gasteiger partial charge is 0.383 e. The maximum Gasteiger partial charge on any atom is 0.319 e. The maximum absolute atomic E-state index is 12.4. The van der Waals surface area contributed by atoms with E-state index in [4.69, 9.17) is 4.74 Å². The van der Waals surface area contributed by atoms with Gasteiger partial charge in [-0.3, -0.25) is 14.9 Å². The van der Waals surface area contributed by atoms with Crippen LogP contribution in [0.15, 0.2) is 42.5 Å². The topological polar surface area (TPSA) is 135 Å². The van der Waals surface area contributed by atoms with E-state index in [1.54, 1.807) is 24.3 Å². The molecule has 0 aliphatic rings. The number of nitro groups is 1. The molecule has 10 heteroatoms. The van der Waals surface area contributed by atoms with Crippen LogP contribution in [0.3, 0.4) is 0 Å². The molecule has 0 atom stereocenters. The van der Waals surface area contributed by atoms with Crippen molar-refractivity contribution in [3.05, 3.63) is 63.7 Å². The zero-order valence-electron chi connectivity index (χ0n) is 17.7. The molecule has 10 nitrogen and oxygen atoms in total. The van der Waals surface area contributed by atoms with Gasteiger partial charge in [0.2, 0.25) is 0 Å². The summed E-state index contributed by atoms with van der Waals surface area (Å²) in [4.78, 5) is 35.0. The second kappa shape index (κ2) is 11.5. The molecule has 0 bridgehead atoms. The van der Waals surface area contributed by atoms with Gasteiger partial charge < -0.3 is 26.0 Å². The SMILES string of the molecule is COCCNc1ccc(C(=O)NCc2ccc(NC(=O)NC(C)C)cc2)cc1[N+](=O)[O-]. The minimum absolute atomic E-state index is 0.0283. The number of benzene rings is 2. The molecule has 0 radical (unpaired) electrons. The Morgan fingerprint density at radius 3 is 2.45 bits per heavy atom. The van der Waals surface area contributed by atoms with Crippen molar-refractivity contribution >= 4 is 29.0 Å². The Morgan fingerprint density at radius 1 is 1.13 bits per heavy atom. The molecule has 0 spiro atoms. The third-order valence-corrected chi connectivity index (χ3v) is 4.16. The fourth-order valence-corrected chi connectivity index (χ4v) is 2.68. The van der Waals surface area contributed by atoms with Crippen molar-refractivity contribution in [3.8, 4) is 0 Å². The van der Waals surface area contributed by atoms with Crippen molar-refractivity contribution < 1.29 is 19.2 Å². The van der Waals surface area contributed by atoms with Gasteiger partial charge in [-0.2, -0.15) is 0 Å². The Bertz CT molecular complexity index is 915. The van der Waals surface area contributed by atoms with Gasteiger partial charge in [0.15, 0.2) is 0 Å². The van der Waals surface area contributed by atoms with E-state index in [9.17, 15) is 19.7 Å². The number of amides is 3. The molecule has 2 aromatic rings. The molecule has 166 valence electrons. The van der Waals surface area contributed by atoms with Gasteiger partial charge in [-0.25, -0.2) is 4.79 Å². The first-order chi connectivity index (χ1) is 14.8. The standard InChI is InChI=1S/C21H27N5O5/c1-14(2)24-21(28)25-17-7-4-15(5-8-17)13-23-20(27)16-6-9-18(22-10-11-31-3)19(12-16)26(29)30/h4-9,12,14,22H,10-11,13H2,1-3H3,(H,23,27)(H2,24,25,28). The smallest absolute Gasteiger partial charge is 0.319 e. The van der Waals surface area contributed by atoms with Crippen LogP contribution in [0, 0.1) is 10.1 Å². The summed E-state index contributed by atoms with van der Waals surface area (Å²) in [5, 5.41) is 22.4. The quantitative estimate of drug-likeness (QED) is 0.260. The van der Waals surface area contributed by atoms with Gasteiger partial charge in [0.05, 0.1) is 11.5 Å². The van der Waals surface area contributed by atoms with Gasteiger partial charge in [-0.15, -0.1) is 0 Å². The van der Waals surface area contributed by atoms with E-state index in [-0.39, 0.29) is 29.9 Å². The van der Waals surface area contributed by atoms with Crippen molar-refractivity contribution in [1.82, 2.24) is 10.6 Å². The minimum Gasteiger partial charge on any atom is -0.383 e. The molecule has 2 aromatic carbocycles. The first kappa shape index (κ1) is 23.6. The summed E-state index contributed by atoms with van der Waals surface area (Å²) in [7, 11) is 1.54. The lowest BCUT2D eigenvalue weighted by Crippen LogP contribution is -2.34. The zero-order chi connectivity index (χ0) is 22.8. The summed E-state index contributed by atoms with van der Waals surface area (Å²) in [6.45, 7) is 4.78. The van der Waals surface area contributed by atoms with Crippen LogP contribution in [0.2, 0.25) is 0 Å². The third-order valence-electron chi connectivity index (χ3n) is 4.16. The molecule has 2 rings (SSSR count). The van der Waals surface area contributed by atoms with E-state index in [1.807, 2.05) is 13.8 Å². The molecule has 0 saturated carbocycles. The van der Waals surface area contributed by atoms with Gasteiger partial charge in [0.1, 0.15) is 5.69 Å². The fourth-order valence-electron chi connectivity index (χ4n) is 2.68. The number of nitrogens with one attached hydrogen (secondary N) is 4. The van der Waals surface area contributed by atoms with Gasteiger partial charge in [-0.05, 0) is 43.7 Å². The van der Waals surface area contributed by atoms with E-state index in [2.05, 4.69) is 21.3 Å². The van der Waals surface area contributed by atoms with Gasteiger partial charge >= 0.3 is 6.03 Å². The number of ether oxygens (including phenoxy) is 1. The number of rotatable bonds is 10. The zero-order valence-corrected chi connectivity index (χ0v) is 17.7. The maximum atomic E-state index is 12.4. The molecule has 4 N–H and O–H groups in total.